The maximum absolute atomic E-state index is 9.43. The molecule has 0 spiro atoms. The Morgan fingerprint density at radius 1 is 1.33 bits per heavy atom. The van der Waals surface area contributed by atoms with Crippen molar-refractivity contribution in [3.63, 3.8) is 0 Å². The number of pyridine rings is 1. The highest BCUT2D eigenvalue weighted by Gasteiger charge is 2.23. The lowest BCUT2D eigenvalue weighted by molar-refractivity contribution is 0.282. The first-order valence-electron chi connectivity index (χ1n) is 7.11. The van der Waals surface area contributed by atoms with Gasteiger partial charge in [0.05, 0.1) is 6.61 Å². The molecule has 6 nitrogen and oxygen atoms in total. The van der Waals surface area contributed by atoms with E-state index in [4.69, 9.17) is 0 Å². The topological polar surface area (TPSA) is 74.2 Å². The van der Waals surface area contributed by atoms with Gasteiger partial charge in [0, 0.05) is 47.9 Å². The number of aliphatic hydroxyl groups is 1. The number of hydrogen-bond donors (Lipinski definition) is 2. The third-order valence-electron chi connectivity index (χ3n) is 3.49. The number of aliphatic hydroxyl groups excluding tert-OH is 1. The number of hydrogen-bond acceptors (Lipinski definition) is 6. The van der Waals surface area contributed by atoms with Crippen LogP contribution >= 0.6 is 0 Å². The largest absolute Gasteiger partial charge is 0.392 e. The fourth-order valence-electron chi connectivity index (χ4n) is 2.52. The number of nitrogens with one attached hydrogen (secondary N) is 1. The minimum atomic E-state index is -0.0267. The minimum Gasteiger partial charge on any atom is -0.392 e. The Balaban J connectivity index is 1.97. The van der Waals surface area contributed by atoms with Crippen LogP contribution in [0.2, 0.25) is 0 Å². The SMILES string of the molecule is CC(C)Nc1cc(N2CCc3cncnc32)ncc1CO. The van der Waals surface area contributed by atoms with Crippen LogP contribution in [0.3, 0.4) is 0 Å². The molecule has 1 aliphatic rings. The Kier molecular flexibility index (Phi) is 3.70. The normalized spacial score (nSPS) is 13.6. The molecule has 3 heterocycles. The zero-order valence-electron chi connectivity index (χ0n) is 12.2. The molecule has 6 heteroatoms. The Labute approximate surface area is 123 Å². The lowest BCUT2D eigenvalue weighted by Crippen LogP contribution is -2.18. The molecule has 2 aromatic rings. The van der Waals surface area contributed by atoms with Gasteiger partial charge in [0.25, 0.3) is 0 Å². The van der Waals surface area contributed by atoms with E-state index < -0.39 is 0 Å². The monoisotopic (exact) mass is 285 g/mol. The van der Waals surface area contributed by atoms with Crippen molar-refractivity contribution < 1.29 is 5.11 Å². The molecule has 0 aromatic carbocycles. The summed E-state index contributed by atoms with van der Waals surface area (Å²) in [4.78, 5) is 15.0. The second-order valence-electron chi connectivity index (χ2n) is 5.43. The van der Waals surface area contributed by atoms with Crippen LogP contribution in [0, 0.1) is 0 Å². The van der Waals surface area contributed by atoms with Crippen molar-refractivity contribution in [3.8, 4) is 0 Å². The van der Waals surface area contributed by atoms with Crippen molar-refractivity contribution in [2.45, 2.75) is 32.9 Å². The molecule has 0 amide bonds. The molecule has 0 saturated carbocycles. The van der Waals surface area contributed by atoms with E-state index in [1.807, 2.05) is 12.3 Å². The zero-order valence-corrected chi connectivity index (χ0v) is 12.2. The minimum absolute atomic E-state index is 0.0267. The van der Waals surface area contributed by atoms with Crippen molar-refractivity contribution in [2.24, 2.45) is 0 Å². The third-order valence-corrected chi connectivity index (χ3v) is 3.49. The number of anilines is 3. The Bertz CT molecular complexity index is 644. The molecule has 0 unspecified atom stereocenters. The molecule has 1 aliphatic heterocycles. The van der Waals surface area contributed by atoms with Crippen LogP contribution in [-0.2, 0) is 13.0 Å². The van der Waals surface area contributed by atoms with Gasteiger partial charge < -0.3 is 15.3 Å². The van der Waals surface area contributed by atoms with Crippen LogP contribution in [0.15, 0.2) is 24.8 Å². The van der Waals surface area contributed by atoms with Crippen LogP contribution in [-0.4, -0.2) is 32.6 Å². The number of nitrogens with zero attached hydrogens (tertiary/aromatic N) is 4. The lowest BCUT2D eigenvalue weighted by atomic mass is 10.2. The molecule has 0 bridgehead atoms. The summed E-state index contributed by atoms with van der Waals surface area (Å²) < 4.78 is 0. The molecule has 3 rings (SSSR count). The van der Waals surface area contributed by atoms with Crippen LogP contribution in [0.5, 0.6) is 0 Å². The molecule has 0 saturated heterocycles. The van der Waals surface area contributed by atoms with Crippen molar-refractivity contribution in [1.82, 2.24) is 15.0 Å². The zero-order chi connectivity index (χ0) is 14.8. The molecule has 0 aliphatic carbocycles. The van der Waals surface area contributed by atoms with Crippen LogP contribution in [0.4, 0.5) is 17.3 Å². The van der Waals surface area contributed by atoms with Gasteiger partial charge in [-0.05, 0) is 20.3 Å². The average molecular weight is 285 g/mol. The third kappa shape index (κ3) is 2.67. The van der Waals surface area contributed by atoms with Gasteiger partial charge in [0.15, 0.2) is 0 Å². The van der Waals surface area contributed by atoms with Crippen LogP contribution in [0.1, 0.15) is 25.0 Å². The van der Waals surface area contributed by atoms with E-state index in [0.717, 1.165) is 41.4 Å². The molecule has 110 valence electrons. The van der Waals surface area contributed by atoms with E-state index in [1.165, 1.54) is 0 Å². The van der Waals surface area contributed by atoms with E-state index in [1.54, 1.807) is 12.5 Å². The summed E-state index contributed by atoms with van der Waals surface area (Å²) >= 11 is 0. The van der Waals surface area contributed by atoms with E-state index >= 15 is 0 Å². The van der Waals surface area contributed by atoms with Crippen molar-refractivity contribution in [1.29, 1.82) is 0 Å². The van der Waals surface area contributed by atoms with Gasteiger partial charge in [-0.1, -0.05) is 0 Å². The van der Waals surface area contributed by atoms with Crippen LogP contribution < -0.4 is 10.2 Å². The number of rotatable bonds is 4. The predicted octanol–water partition coefficient (Wildman–Crippen LogP) is 1.88. The van der Waals surface area contributed by atoms with Crippen molar-refractivity contribution >= 4 is 17.3 Å². The number of fused-ring (bicyclic) bond motifs is 1. The van der Waals surface area contributed by atoms with E-state index in [0.29, 0.717) is 6.04 Å². The molecular weight excluding hydrogens is 266 g/mol. The van der Waals surface area contributed by atoms with Gasteiger partial charge >= 0.3 is 0 Å². The predicted molar refractivity (Wildman–Crippen MR) is 81.7 cm³/mol. The fraction of sp³-hybridized carbons (Fsp3) is 0.400. The quantitative estimate of drug-likeness (QED) is 0.893. The van der Waals surface area contributed by atoms with Gasteiger partial charge in [-0.3, -0.25) is 0 Å². The summed E-state index contributed by atoms with van der Waals surface area (Å²) in [6.45, 7) is 4.96. The van der Waals surface area contributed by atoms with Crippen LogP contribution in [0.25, 0.3) is 0 Å². The second-order valence-corrected chi connectivity index (χ2v) is 5.43. The summed E-state index contributed by atoms with van der Waals surface area (Å²) in [5.41, 5.74) is 2.86. The van der Waals surface area contributed by atoms with E-state index in [-0.39, 0.29) is 6.61 Å². The highest BCUT2D eigenvalue weighted by molar-refractivity contribution is 5.67. The maximum Gasteiger partial charge on any atom is 0.140 e. The van der Waals surface area contributed by atoms with Crippen molar-refractivity contribution in [2.75, 3.05) is 16.8 Å². The Hall–Kier alpha value is -2.21. The second kappa shape index (κ2) is 5.65. The highest BCUT2D eigenvalue weighted by atomic mass is 16.3. The van der Waals surface area contributed by atoms with Gasteiger partial charge in [-0.2, -0.15) is 0 Å². The first-order chi connectivity index (χ1) is 10.2. The number of aromatic nitrogens is 3. The summed E-state index contributed by atoms with van der Waals surface area (Å²) in [5, 5.41) is 12.8. The van der Waals surface area contributed by atoms with Gasteiger partial charge in [-0.25, -0.2) is 15.0 Å². The summed E-state index contributed by atoms with van der Waals surface area (Å²) in [6.07, 6.45) is 6.07. The molecule has 0 atom stereocenters. The molecule has 2 aromatic heterocycles. The van der Waals surface area contributed by atoms with Gasteiger partial charge in [0.2, 0.25) is 0 Å². The lowest BCUT2D eigenvalue weighted by Gasteiger charge is -2.20. The molecular formula is C15H19N5O. The molecule has 2 N–H and O–H groups in total. The summed E-state index contributed by atoms with van der Waals surface area (Å²) in [6, 6.07) is 2.27. The average Bonchev–Trinajstić information content (AvgIpc) is 2.90. The smallest absolute Gasteiger partial charge is 0.140 e. The van der Waals surface area contributed by atoms with E-state index in [9.17, 15) is 5.11 Å². The highest BCUT2D eigenvalue weighted by Crippen LogP contribution is 2.32. The first-order valence-corrected chi connectivity index (χ1v) is 7.11. The standard InChI is InChI=1S/C15H19N5O/c1-10(2)19-13-5-14(17-7-12(13)8-21)20-4-3-11-6-16-9-18-15(11)20/h5-7,9-10,21H,3-4,8H2,1-2H3,(H,17,19). The summed E-state index contributed by atoms with van der Waals surface area (Å²) in [7, 11) is 0. The van der Waals surface area contributed by atoms with Crippen molar-refractivity contribution in [3.05, 3.63) is 35.9 Å². The maximum atomic E-state index is 9.43. The van der Waals surface area contributed by atoms with E-state index in [2.05, 4.69) is 39.0 Å². The fourth-order valence-corrected chi connectivity index (χ4v) is 2.52. The Morgan fingerprint density at radius 2 is 2.19 bits per heavy atom. The first kappa shape index (κ1) is 13.8. The molecule has 0 fully saturated rings. The molecule has 21 heavy (non-hydrogen) atoms. The molecule has 0 radical (unpaired) electrons. The van der Waals surface area contributed by atoms with Gasteiger partial charge in [-0.15, -0.1) is 0 Å². The summed E-state index contributed by atoms with van der Waals surface area (Å²) in [5.74, 6) is 1.76. The Morgan fingerprint density at radius 3 is 2.95 bits per heavy atom. The van der Waals surface area contributed by atoms with Gasteiger partial charge in [0.1, 0.15) is 18.0 Å².